The third-order valence-corrected chi connectivity index (χ3v) is 3.82. The molecule has 7 heteroatoms. The van der Waals surface area contributed by atoms with Crippen molar-refractivity contribution < 1.29 is 9.90 Å². The zero-order chi connectivity index (χ0) is 13.4. The zero-order valence-electron chi connectivity index (χ0n) is 10.2. The lowest BCUT2D eigenvalue weighted by Crippen LogP contribution is -2.27. The van der Waals surface area contributed by atoms with Crippen molar-refractivity contribution >= 4 is 28.7 Å². The molecule has 19 heavy (non-hydrogen) atoms. The fourth-order valence-electron chi connectivity index (χ4n) is 2.55. The van der Waals surface area contributed by atoms with Crippen molar-refractivity contribution in [2.24, 2.45) is 5.92 Å². The molecule has 3 heterocycles. The molecule has 0 radical (unpaired) electrons. The second kappa shape index (κ2) is 4.70. The summed E-state index contributed by atoms with van der Waals surface area (Å²) in [7, 11) is 0. The molecule has 3 rings (SSSR count). The van der Waals surface area contributed by atoms with Gasteiger partial charge in [0.25, 0.3) is 0 Å². The lowest BCUT2D eigenvalue weighted by Gasteiger charge is -2.13. The van der Waals surface area contributed by atoms with Gasteiger partial charge in [-0.15, -0.1) is 0 Å². The largest absolute Gasteiger partial charge is 0.465 e. The van der Waals surface area contributed by atoms with Crippen LogP contribution in [0, 0.1) is 5.92 Å². The summed E-state index contributed by atoms with van der Waals surface area (Å²) in [5.41, 5.74) is 0.800. The van der Waals surface area contributed by atoms with Crippen LogP contribution in [0.2, 0.25) is 5.15 Å². The van der Waals surface area contributed by atoms with Gasteiger partial charge in [0, 0.05) is 25.8 Å². The molecule has 6 nitrogen and oxygen atoms in total. The van der Waals surface area contributed by atoms with Crippen LogP contribution in [-0.2, 0) is 6.54 Å². The normalized spacial score (nSPS) is 19.2. The van der Waals surface area contributed by atoms with Crippen LogP contribution in [0.25, 0.3) is 11.0 Å². The summed E-state index contributed by atoms with van der Waals surface area (Å²) in [5.74, 6) is 0.320. The molecule has 1 fully saturated rings. The fraction of sp³-hybridized carbons (Fsp3) is 0.417. The van der Waals surface area contributed by atoms with Crippen molar-refractivity contribution in [1.29, 1.82) is 0 Å². The average Bonchev–Trinajstić information content (AvgIpc) is 2.98. The van der Waals surface area contributed by atoms with E-state index in [4.69, 9.17) is 16.7 Å². The Morgan fingerprint density at radius 3 is 3.11 bits per heavy atom. The first kappa shape index (κ1) is 12.2. The highest BCUT2D eigenvalue weighted by Crippen LogP contribution is 2.23. The SMILES string of the molecule is O=C(O)N1CC[C@@H](Cn2ccc3c(Cl)ncnc32)C1. The lowest BCUT2D eigenvalue weighted by molar-refractivity contribution is 0.153. The number of hydrogen-bond acceptors (Lipinski definition) is 3. The van der Waals surface area contributed by atoms with Crippen LogP contribution in [0.3, 0.4) is 0 Å². The van der Waals surface area contributed by atoms with E-state index in [-0.39, 0.29) is 0 Å². The van der Waals surface area contributed by atoms with Gasteiger partial charge in [0.05, 0.1) is 5.39 Å². The van der Waals surface area contributed by atoms with Crippen LogP contribution in [0.5, 0.6) is 0 Å². The molecule has 0 saturated carbocycles. The number of carboxylic acid groups (broad SMARTS) is 1. The maximum Gasteiger partial charge on any atom is 0.407 e. The highest BCUT2D eigenvalue weighted by atomic mass is 35.5. The van der Waals surface area contributed by atoms with Crippen molar-refractivity contribution in [1.82, 2.24) is 19.4 Å². The fourth-order valence-corrected chi connectivity index (χ4v) is 2.74. The summed E-state index contributed by atoms with van der Waals surface area (Å²) in [6.45, 7) is 1.93. The van der Waals surface area contributed by atoms with Gasteiger partial charge in [-0.05, 0) is 18.4 Å². The van der Waals surface area contributed by atoms with Gasteiger partial charge in [0.1, 0.15) is 17.1 Å². The number of likely N-dealkylation sites (tertiary alicyclic amines) is 1. The molecule has 1 amide bonds. The van der Waals surface area contributed by atoms with Crippen molar-refractivity contribution in [2.75, 3.05) is 13.1 Å². The Labute approximate surface area is 114 Å². The Balaban J connectivity index is 1.79. The second-order valence-corrected chi connectivity index (χ2v) is 5.11. The topological polar surface area (TPSA) is 71.2 Å². The predicted octanol–water partition coefficient (Wildman–Crippen LogP) is 2.08. The van der Waals surface area contributed by atoms with E-state index in [9.17, 15) is 4.79 Å². The molecule has 2 aromatic heterocycles. The van der Waals surface area contributed by atoms with E-state index in [0.717, 1.165) is 24.0 Å². The number of nitrogens with zero attached hydrogens (tertiary/aromatic N) is 4. The molecule has 0 aromatic carbocycles. The van der Waals surface area contributed by atoms with Crippen molar-refractivity contribution in [3.63, 3.8) is 0 Å². The number of carbonyl (C=O) groups is 1. The van der Waals surface area contributed by atoms with E-state index in [2.05, 4.69) is 9.97 Å². The van der Waals surface area contributed by atoms with E-state index in [0.29, 0.717) is 24.2 Å². The van der Waals surface area contributed by atoms with Gasteiger partial charge < -0.3 is 14.6 Å². The van der Waals surface area contributed by atoms with Crippen molar-refractivity contribution in [3.05, 3.63) is 23.7 Å². The summed E-state index contributed by atoms with van der Waals surface area (Å²) in [6, 6.07) is 1.89. The molecular formula is C12H13ClN4O2. The quantitative estimate of drug-likeness (QED) is 0.855. The summed E-state index contributed by atoms with van der Waals surface area (Å²) in [4.78, 5) is 20.5. The number of halogens is 1. The first-order valence-corrected chi connectivity index (χ1v) is 6.46. The molecule has 0 bridgehead atoms. The Hall–Kier alpha value is -1.82. The first-order chi connectivity index (χ1) is 9.15. The van der Waals surface area contributed by atoms with E-state index in [1.54, 1.807) is 0 Å². The number of fused-ring (bicyclic) bond motifs is 1. The molecule has 100 valence electrons. The molecule has 1 N–H and O–H groups in total. The first-order valence-electron chi connectivity index (χ1n) is 6.08. The number of rotatable bonds is 2. The summed E-state index contributed by atoms with van der Waals surface area (Å²) >= 11 is 6.00. The molecule has 1 aliphatic rings. The summed E-state index contributed by atoms with van der Waals surface area (Å²) in [5, 5.41) is 10.2. The van der Waals surface area contributed by atoms with Crippen molar-refractivity contribution in [3.8, 4) is 0 Å². The minimum Gasteiger partial charge on any atom is -0.465 e. The van der Waals surface area contributed by atoms with Gasteiger partial charge in [-0.2, -0.15) is 0 Å². The van der Waals surface area contributed by atoms with E-state index >= 15 is 0 Å². The van der Waals surface area contributed by atoms with E-state index in [1.807, 2.05) is 16.8 Å². The zero-order valence-corrected chi connectivity index (χ0v) is 10.9. The minimum absolute atomic E-state index is 0.320. The smallest absolute Gasteiger partial charge is 0.407 e. The van der Waals surface area contributed by atoms with Crippen LogP contribution in [0.4, 0.5) is 4.79 Å². The van der Waals surface area contributed by atoms with Gasteiger partial charge in [0.15, 0.2) is 0 Å². The highest BCUT2D eigenvalue weighted by Gasteiger charge is 2.26. The standard InChI is InChI=1S/C12H13ClN4O2/c13-10-9-2-4-16(11(9)15-7-14-10)5-8-1-3-17(6-8)12(18)19/h2,4,7-8H,1,3,5-6H2,(H,18,19)/t8-/m0/s1. The van der Waals surface area contributed by atoms with Gasteiger partial charge in [-0.1, -0.05) is 11.6 Å². The maximum absolute atomic E-state index is 10.9. The molecule has 0 unspecified atom stereocenters. The van der Waals surface area contributed by atoms with Crippen LogP contribution in [-0.4, -0.2) is 43.7 Å². The second-order valence-electron chi connectivity index (χ2n) is 4.75. The molecule has 0 aliphatic carbocycles. The van der Waals surface area contributed by atoms with E-state index < -0.39 is 6.09 Å². The predicted molar refractivity (Wildman–Crippen MR) is 70.2 cm³/mol. The molecule has 1 atom stereocenters. The number of hydrogen-bond donors (Lipinski definition) is 1. The van der Waals surface area contributed by atoms with Crippen LogP contribution in [0.15, 0.2) is 18.6 Å². The summed E-state index contributed by atoms with van der Waals surface area (Å²) in [6.07, 6.45) is 3.41. The average molecular weight is 281 g/mol. The molecule has 1 saturated heterocycles. The molecular weight excluding hydrogens is 268 g/mol. The Kier molecular flexibility index (Phi) is 3.02. The van der Waals surface area contributed by atoms with Gasteiger partial charge >= 0.3 is 6.09 Å². The Bertz CT molecular complexity index is 627. The minimum atomic E-state index is -0.842. The van der Waals surface area contributed by atoms with Gasteiger partial charge in [-0.25, -0.2) is 14.8 Å². The Morgan fingerprint density at radius 2 is 2.37 bits per heavy atom. The number of aromatic nitrogens is 3. The number of amides is 1. The molecule has 0 spiro atoms. The Morgan fingerprint density at radius 1 is 1.53 bits per heavy atom. The summed E-state index contributed by atoms with van der Waals surface area (Å²) < 4.78 is 2.01. The highest BCUT2D eigenvalue weighted by molar-refractivity contribution is 6.33. The van der Waals surface area contributed by atoms with Crippen LogP contribution in [0.1, 0.15) is 6.42 Å². The van der Waals surface area contributed by atoms with Gasteiger partial charge in [0.2, 0.25) is 0 Å². The third kappa shape index (κ3) is 2.23. The van der Waals surface area contributed by atoms with Crippen molar-refractivity contribution in [2.45, 2.75) is 13.0 Å². The van der Waals surface area contributed by atoms with Crippen LogP contribution < -0.4 is 0 Å². The molecule has 2 aromatic rings. The maximum atomic E-state index is 10.9. The van der Waals surface area contributed by atoms with Gasteiger partial charge in [-0.3, -0.25) is 0 Å². The third-order valence-electron chi connectivity index (χ3n) is 3.52. The van der Waals surface area contributed by atoms with E-state index in [1.165, 1.54) is 11.2 Å². The molecule has 1 aliphatic heterocycles. The van der Waals surface area contributed by atoms with Crippen LogP contribution >= 0.6 is 11.6 Å². The lowest BCUT2D eigenvalue weighted by atomic mass is 10.1. The monoisotopic (exact) mass is 280 g/mol.